The number of aryl methyl sites for hydroxylation is 1. The number of anilines is 1. The molecule has 0 aliphatic carbocycles. The first-order valence-electron chi connectivity index (χ1n) is 12.4. The molecule has 3 atom stereocenters. The van der Waals surface area contributed by atoms with Crippen LogP contribution in [0.1, 0.15) is 31.4 Å². The number of hydroxylamine groups is 1. The second-order valence-electron chi connectivity index (χ2n) is 9.22. The van der Waals surface area contributed by atoms with Gasteiger partial charge < -0.3 is 20.7 Å². The highest BCUT2D eigenvalue weighted by Gasteiger charge is 2.32. The summed E-state index contributed by atoms with van der Waals surface area (Å²) in [4.78, 5) is 37.2. The fourth-order valence-corrected chi connectivity index (χ4v) is 5.69. The van der Waals surface area contributed by atoms with Gasteiger partial charge in [0.15, 0.2) is 5.95 Å². The number of carbonyl (C=O) groups is 2. The zero-order chi connectivity index (χ0) is 27.1. The van der Waals surface area contributed by atoms with Gasteiger partial charge in [-0.3, -0.25) is 14.4 Å². The Hall–Kier alpha value is -3.52. The van der Waals surface area contributed by atoms with Crippen molar-refractivity contribution in [3.8, 4) is 0 Å². The molecule has 13 heteroatoms. The third kappa shape index (κ3) is 7.07. The minimum atomic E-state index is -4.17. The van der Waals surface area contributed by atoms with E-state index in [-0.39, 0.29) is 11.0 Å². The SMILES string of the molecule is Cc1cnc(NCCCCC2CC(C(=O)NCC(NS(=O)(=O)c3cccc4ccccc34)C(=O)O)NO2)[nH]1. The zero-order valence-corrected chi connectivity index (χ0v) is 21.8. The van der Waals surface area contributed by atoms with Crippen LogP contribution in [-0.4, -0.2) is 66.6 Å². The van der Waals surface area contributed by atoms with Gasteiger partial charge >= 0.3 is 5.97 Å². The Bertz CT molecular complexity index is 1370. The first-order valence-corrected chi connectivity index (χ1v) is 13.9. The standard InChI is InChI=1S/C25H32N6O6S/c1-16-14-28-25(29-16)26-12-5-4-9-18-13-20(30-37-18)23(32)27-15-21(24(33)34)31-38(35,36)22-11-6-8-17-7-2-3-10-19(17)22/h2-3,6-8,10-11,14,18,20-21,30-31H,4-5,9,12-13,15H2,1H3,(H,27,32)(H,33,34)(H2,26,28,29). The van der Waals surface area contributed by atoms with E-state index in [2.05, 4.69) is 30.8 Å². The number of benzene rings is 2. The number of rotatable bonds is 13. The molecule has 4 rings (SSSR count). The van der Waals surface area contributed by atoms with Crippen molar-refractivity contribution >= 4 is 38.6 Å². The van der Waals surface area contributed by atoms with Crippen LogP contribution in [-0.2, 0) is 24.4 Å². The highest BCUT2D eigenvalue weighted by Crippen LogP contribution is 2.23. The summed E-state index contributed by atoms with van der Waals surface area (Å²) >= 11 is 0. The molecule has 0 bridgehead atoms. The Kier molecular flexibility index (Phi) is 8.94. The molecule has 3 unspecified atom stereocenters. The van der Waals surface area contributed by atoms with Crippen molar-refractivity contribution in [3.05, 3.63) is 54.4 Å². The molecular formula is C25H32N6O6S. The Balaban J connectivity index is 1.23. The number of hydrogen-bond donors (Lipinski definition) is 6. The number of aromatic amines is 1. The number of aromatic nitrogens is 2. The highest BCUT2D eigenvalue weighted by atomic mass is 32.2. The van der Waals surface area contributed by atoms with E-state index in [9.17, 15) is 23.1 Å². The number of carboxylic acids is 1. The van der Waals surface area contributed by atoms with Crippen molar-refractivity contribution in [3.63, 3.8) is 0 Å². The molecule has 38 heavy (non-hydrogen) atoms. The number of sulfonamides is 1. The van der Waals surface area contributed by atoms with E-state index >= 15 is 0 Å². The van der Waals surface area contributed by atoms with Crippen LogP contribution >= 0.6 is 0 Å². The first-order chi connectivity index (χ1) is 18.2. The summed E-state index contributed by atoms with van der Waals surface area (Å²) in [7, 11) is -4.17. The van der Waals surface area contributed by atoms with Crippen LogP contribution in [0.5, 0.6) is 0 Å². The van der Waals surface area contributed by atoms with E-state index in [0.717, 1.165) is 37.4 Å². The molecule has 1 fully saturated rings. The summed E-state index contributed by atoms with van der Waals surface area (Å²) < 4.78 is 28.2. The van der Waals surface area contributed by atoms with Gasteiger partial charge in [-0.05, 0) is 37.6 Å². The number of hydrogen-bond acceptors (Lipinski definition) is 8. The maximum absolute atomic E-state index is 13.0. The van der Waals surface area contributed by atoms with E-state index in [1.165, 1.54) is 6.07 Å². The molecule has 0 radical (unpaired) electrons. The molecule has 1 aliphatic rings. The molecule has 1 saturated heterocycles. The lowest BCUT2D eigenvalue weighted by atomic mass is 10.1. The van der Waals surface area contributed by atoms with Gasteiger partial charge in [0.25, 0.3) is 0 Å². The highest BCUT2D eigenvalue weighted by molar-refractivity contribution is 7.89. The molecule has 2 heterocycles. The Morgan fingerprint density at radius 3 is 2.74 bits per heavy atom. The van der Waals surface area contributed by atoms with Gasteiger partial charge in [-0.25, -0.2) is 13.4 Å². The number of fused-ring (bicyclic) bond motifs is 1. The van der Waals surface area contributed by atoms with E-state index < -0.39 is 40.5 Å². The monoisotopic (exact) mass is 544 g/mol. The molecule has 6 N–H and O–H groups in total. The predicted octanol–water partition coefficient (Wildman–Crippen LogP) is 1.66. The van der Waals surface area contributed by atoms with Crippen LogP contribution in [0.25, 0.3) is 10.8 Å². The summed E-state index contributed by atoms with van der Waals surface area (Å²) in [6.07, 6.45) is 4.55. The number of aliphatic carboxylic acids is 1. The third-order valence-electron chi connectivity index (χ3n) is 6.26. The van der Waals surface area contributed by atoms with E-state index in [0.29, 0.717) is 17.2 Å². The number of amides is 1. The Morgan fingerprint density at radius 1 is 1.18 bits per heavy atom. The van der Waals surface area contributed by atoms with Crippen LogP contribution < -0.4 is 20.8 Å². The lowest BCUT2D eigenvalue weighted by molar-refractivity contribution is -0.139. The average molecular weight is 545 g/mol. The molecule has 0 saturated carbocycles. The average Bonchev–Trinajstić information content (AvgIpc) is 3.54. The first kappa shape index (κ1) is 27.5. The summed E-state index contributed by atoms with van der Waals surface area (Å²) in [6, 6.07) is 9.48. The van der Waals surface area contributed by atoms with Crippen molar-refractivity contribution in [1.82, 2.24) is 25.5 Å². The van der Waals surface area contributed by atoms with Gasteiger partial charge in [0, 0.05) is 36.8 Å². The van der Waals surface area contributed by atoms with Gasteiger partial charge in [0.2, 0.25) is 15.9 Å². The molecule has 2 aromatic carbocycles. The van der Waals surface area contributed by atoms with Gasteiger partial charge in [-0.1, -0.05) is 36.4 Å². The number of nitrogens with one attached hydrogen (secondary N) is 5. The van der Waals surface area contributed by atoms with Crippen LogP contribution in [0.4, 0.5) is 5.95 Å². The van der Waals surface area contributed by atoms with E-state index in [1.807, 2.05) is 6.92 Å². The smallest absolute Gasteiger partial charge is 0.323 e. The molecule has 12 nitrogen and oxygen atoms in total. The number of unbranched alkanes of at least 4 members (excludes halogenated alkanes) is 1. The second kappa shape index (κ2) is 12.3. The largest absolute Gasteiger partial charge is 0.480 e. The van der Waals surface area contributed by atoms with Crippen molar-refractivity contribution in [1.29, 1.82) is 0 Å². The lowest BCUT2D eigenvalue weighted by Crippen LogP contribution is -2.51. The summed E-state index contributed by atoms with van der Waals surface area (Å²) in [5.74, 6) is -1.13. The van der Waals surface area contributed by atoms with Gasteiger partial charge in [0.05, 0.1) is 11.0 Å². The predicted molar refractivity (Wildman–Crippen MR) is 141 cm³/mol. The Morgan fingerprint density at radius 2 is 1.97 bits per heavy atom. The normalized spacial score (nSPS) is 18.3. The van der Waals surface area contributed by atoms with Crippen LogP contribution in [0.2, 0.25) is 0 Å². The van der Waals surface area contributed by atoms with Crippen molar-refractivity contribution in [2.24, 2.45) is 0 Å². The van der Waals surface area contributed by atoms with Gasteiger partial charge in [-0.2, -0.15) is 10.2 Å². The topological polar surface area (TPSA) is 175 Å². The van der Waals surface area contributed by atoms with Gasteiger partial charge in [0.1, 0.15) is 12.1 Å². The maximum Gasteiger partial charge on any atom is 0.323 e. The summed E-state index contributed by atoms with van der Waals surface area (Å²) in [6.45, 7) is 2.27. The quantitative estimate of drug-likeness (QED) is 0.175. The Labute approximate surface area is 220 Å². The van der Waals surface area contributed by atoms with E-state index in [4.69, 9.17) is 4.84 Å². The molecule has 1 aromatic heterocycles. The van der Waals surface area contributed by atoms with Crippen LogP contribution in [0, 0.1) is 6.92 Å². The molecule has 1 aliphatic heterocycles. The number of carbonyl (C=O) groups excluding carboxylic acids is 1. The van der Waals surface area contributed by atoms with Crippen molar-refractivity contribution in [2.75, 3.05) is 18.4 Å². The molecule has 204 valence electrons. The van der Waals surface area contributed by atoms with E-state index in [1.54, 1.807) is 42.6 Å². The summed E-state index contributed by atoms with van der Waals surface area (Å²) in [5, 5.41) is 16.5. The number of nitrogens with zero attached hydrogens (tertiary/aromatic N) is 1. The third-order valence-corrected chi connectivity index (χ3v) is 7.79. The lowest BCUT2D eigenvalue weighted by Gasteiger charge is -2.17. The zero-order valence-electron chi connectivity index (χ0n) is 20.9. The number of carboxylic acid groups (broad SMARTS) is 1. The molecule has 3 aromatic rings. The second-order valence-corrected chi connectivity index (χ2v) is 10.9. The molecular weight excluding hydrogens is 512 g/mol. The van der Waals surface area contributed by atoms with Crippen molar-refractivity contribution < 1.29 is 28.0 Å². The fraction of sp³-hybridized carbons (Fsp3) is 0.400. The molecule has 1 amide bonds. The minimum Gasteiger partial charge on any atom is -0.480 e. The van der Waals surface area contributed by atoms with Gasteiger partial charge in [-0.15, -0.1) is 0 Å². The number of imidazole rings is 1. The van der Waals surface area contributed by atoms with Crippen LogP contribution in [0.3, 0.4) is 0 Å². The van der Waals surface area contributed by atoms with Crippen molar-refractivity contribution in [2.45, 2.75) is 55.7 Å². The number of H-pyrrole nitrogens is 1. The maximum atomic E-state index is 13.0. The van der Waals surface area contributed by atoms with Crippen LogP contribution in [0.15, 0.2) is 53.6 Å². The fourth-order valence-electron chi connectivity index (χ4n) is 4.27. The minimum absolute atomic E-state index is 0.0312. The summed E-state index contributed by atoms with van der Waals surface area (Å²) in [5.41, 5.74) is 3.68. The molecule has 0 spiro atoms.